The van der Waals surface area contributed by atoms with Gasteiger partial charge in [-0.05, 0) is 48.8 Å². The van der Waals surface area contributed by atoms with Gasteiger partial charge in [0.2, 0.25) is 5.89 Å². The van der Waals surface area contributed by atoms with E-state index in [0.29, 0.717) is 23.9 Å². The Morgan fingerprint density at radius 1 is 1.22 bits per heavy atom. The number of hydrogen-bond acceptors (Lipinski definition) is 5. The molecule has 3 rings (SSSR count). The third kappa shape index (κ3) is 5.42. The van der Waals surface area contributed by atoms with Crippen molar-refractivity contribution in [2.45, 2.75) is 26.1 Å². The molecule has 6 nitrogen and oxygen atoms in total. The summed E-state index contributed by atoms with van der Waals surface area (Å²) in [7, 11) is 0. The monoisotopic (exact) mass is 383 g/mol. The van der Waals surface area contributed by atoms with Crippen molar-refractivity contribution in [2.24, 2.45) is 0 Å². The summed E-state index contributed by atoms with van der Waals surface area (Å²) in [4.78, 5) is 20.4. The van der Waals surface area contributed by atoms with E-state index in [0.717, 1.165) is 16.7 Å². The van der Waals surface area contributed by atoms with Crippen LogP contribution < -0.4 is 5.32 Å². The lowest BCUT2D eigenvalue weighted by atomic mass is 10.1. The van der Waals surface area contributed by atoms with Gasteiger partial charge in [-0.1, -0.05) is 23.8 Å². The molecule has 7 heteroatoms. The molecule has 3 aromatic rings. The van der Waals surface area contributed by atoms with Crippen LogP contribution in [0.2, 0.25) is 0 Å². The van der Waals surface area contributed by atoms with Gasteiger partial charge in [-0.25, -0.2) is 4.98 Å². The second kappa shape index (κ2) is 8.83. The molecule has 0 aliphatic carbocycles. The molecule has 1 N–H and O–H groups in total. The maximum absolute atomic E-state index is 12.3. The Bertz CT molecular complexity index is 895. The van der Waals surface area contributed by atoms with Crippen molar-refractivity contribution in [1.29, 1.82) is 0 Å². The molecule has 0 spiro atoms. The molecular weight excluding hydrogens is 362 g/mol. The SMILES string of the molecule is Cc1ccc(-c2nc(C[S+]([O-])CC(=O)NCc3cccnc3)c(C)o2)cc1. The van der Waals surface area contributed by atoms with Gasteiger partial charge in [0.05, 0.1) is 0 Å². The summed E-state index contributed by atoms with van der Waals surface area (Å²) in [5.41, 5.74) is 3.53. The van der Waals surface area contributed by atoms with Gasteiger partial charge in [-0.2, -0.15) is 0 Å². The smallest absolute Gasteiger partial charge is 0.270 e. The number of pyridine rings is 1. The van der Waals surface area contributed by atoms with Gasteiger partial charge in [-0.15, -0.1) is 0 Å². The number of carbonyl (C=O) groups is 1. The van der Waals surface area contributed by atoms with Crippen LogP contribution in [0.1, 0.15) is 22.6 Å². The standard InChI is InChI=1S/C20H21N3O3S/c1-14-5-7-17(8-6-14)20-23-18(15(2)26-20)12-27(25)13-19(24)22-11-16-4-3-9-21-10-16/h3-10H,11-13H2,1-2H3,(H,22,24). The average Bonchev–Trinajstić information content (AvgIpc) is 3.02. The molecule has 0 aliphatic heterocycles. The number of benzene rings is 1. The molecule has 0 saturated heterocycles. The second-order valence-corrected chi connectivity index (χ2v) is 7.71. The molecule has 27 heavy (non-hydrogen) atoms. The van der Waals surface area contributed by atoms with Crippen molar-refractivity contribution in [3.63, 3.8) is 0 Å². The molecule has 140 valence electrons. The molecule has 0 fully saturated rings. The van der Waals surface area contributed by atoms with Gasteiger partial charge in [0.1, 0.15) is 11.5 Å². The highest BCUT2D eigenvalue weighted by Crippen LogP contribution is 2.23. The third-order valence-corrected chi connectivity index (χ3v) is 5.17. The minimum Gasteiger partial charge on any atom is -0.616 e. The van der Waals surface area contributed by atoms with E-state index in [4.69, 9.17) is 4.42 Å². The first kappa shape index (κ1) is 19.1. The molecular formula is C20H21N3O3S. The third-order valence-electron chi connectivity index (χ3n) is 3.99. The Morgan fingerprint density at radius 2 is 2.00 bits per heavy atom. The summed E-state index contributed by atoms with van der Waals surface area (Å²) in [5, 5.41) is 2.75. The number of aromatic nitrogens is 2. The van der Waals surface area contributed by atoms with E-state index in [9.17, 15) is 9.35 Å². The predicted octanol–water partition coefficient (Wildman–Crippen LogP) is 2.92. The van der Waals surface area contributed by atoms with E-state index in [1.807, 2.05) is 37.3 Å². The highest BCUT2D eigenvalue weighted by molar-refractivity contribution is 7.91. The number of hydrogen-bond donors (Lipinski definition) is 1. The van der Waals surface area contributed by atoms with Crippen LogP contribution in [0.3, 0.4) is 0 Å². The molecule has 1 atom stereocenters. The van der Waals surface area contributed by atoms with Crippen molar-refractivity contribution < 1.29 is 13.8 Å². The van der Waals surface area contributed by atoms with Crippen LogP contribution in [0.5, 0.6) is 0 Å². The quantitative estimate of drug-likeness (QED) is 0.634. The molecule has 0 saturated carbocycles. The summed E-state index contributed by atoms with van der Waals surface area (Å²) in [6.45, 7) is 4.17. The van der Waals surface area contributed by atoms with Crippen molar-refractivity contribution in [3.05, 3.63) is 71.4 Å². The van der Waals surface area contributed by atoms with Crippen LogP contribution >= 0.6 is 0 Å². The van der Waals surface area contributed by atoms with Crippen molar-refractivity contribution >= 4 is 17.1 Å². The van der Waals surface area contributed by atoms with E-state index in [2.05, 4.69) is 15.3 Å². The summed E-state index contributed by atoms with van der Waals surface area (Å²) in [6.07, 6.45) is 3.36. The highest BCUT2D eigenvalue weighted by atomic mass is 32.2. The van der Waals surface area contributed by atoms with E-state index in [1.54, 1.807) is 25.4 Å². The Kier molecular flexibility index (Phi) is 6.26. The second-order valence-electron chi connectivity index (χ2n) is 6.25. The largest absolute Gasteiger partial charge is 0.616 e. The topological polar surface area (TPSA) is 91.1 Å². The first-order valence-corrected chi connectivity index (χ1v) is 10.0. The van der Waals surface area contributed by atoms with Gasteiger partial charge in [0, 0.05) is 24.5 Å². The number of carbonyl (C=O) groups excluding carboxylic acids is 1. The number of rotatable bonds is 7. The molecule has 1 unspecified atom stereocenters. The van der Waals surface area contributed by atoms with Crippen LogP contribution in [0.25, 0.3) is 11.5 Å². The van der Waals surface area contributed by atoms with Crippen LogP contribution in [-0.2, 0) is 28.3 Å². The lowest BCUT2D eigenvalue weighted by molar-refractivity contribution is -0.118. The summed E-state index contributed by atoms with van der Waals surface area (Å²) in [5.74, 6) is 0.959. The molecule has 0 aliphatic rings. The fraction of sp³-hybridized carbons (Fsp3) is 0.250. The van der Waals surface area contributed by atoms with Crippen molar-refractivity contribution in [2.75, 3.05) is 5.75 Å². The summed E-state index contributed by atoms with van der Waals surface area (Å²) >= 11 is -1.37. The molecule has 2 aromatic heterocycles. The minimum absolute atomic E-state index is 0.0770. The Hall–Kier alpha value is -2.64. The van der Waals surface area contributed by atoms with E-state index in [-0.39, 0.29) is 17.4 Å². The molecule has 1 aromatic carbocycles. The maximum Gasteiger partial charge on any atom is 0.270 e. The van der Waals surface area contributed by atoms with E-state index in [1.165, 1.54) is 0 Å². The molecule has 0 bridgehead atoms. The van der Waals surface area contributed by atoms with Crippen LogP contribution in [0, 0.1) is 13.8 Å². The lowest BCUT2D eigenvalue weighted by Gasteiger charge is -2.10. The van der Waals surface area contributed by atoms with E-state index < -0.39 is 11.2 Å². The van der Waals surface area contributed by atoms with Gasteiger partial charge in [0.15, 0.2) is 11.5 Å². The zero-order chi connectivity index (χ0) is 19.2. The highest BCUT2D eigenvalue weighted by Gasteiger charge is 2.19. The predicted molar refractivity (Wildman–Crippen MR) is 104 cm³/mol. The summed E-state index contributed by atoms with van der Waals surface area (Å²) < 4.78 is 18.0. The maximum atomic E-state index is 12.3. The number of aryl methyl sites for hydroxylation is 2. The van der Waals surface area contributed by atoms with E-state index >= 15 is 0 Å². The fourth-order valence-electron chi connectivity index (χ4n) is 2.49. The van der Waals surface area contributed by atoms with Crippen molar-refractivity contribution in [3.8, 4) is 11.5 Å². The van der Waals surface area contributed by atoms with Gasteiger partial charge in [-0.3, -0.25) is 9.78 Å². The number of nitrogens with one attached hydrogen (secondary N) is 1. The van der Waals surface area contributed by atoms with Crippen molar-refractivity contribution in [1.82, 2.24) is 15.3 Å². The first-order chi connectivity index (χ1) is 13.0. The summed E-state index contributed by atoms with van der Waals surface area (Å²) in [6, 6.07) is 11.5. The zero-order valence-electron chi connectivity index (χ0n) is 15.3. The lowest BCUT2D eigenvalue weighted by Crippen LogP contribution is -2.30. The Balaban J connectivity index is 1.55. The normalized spacial score (nSPS) is 12.0. The molecule has 2 heterocycles. The Morgan fingerprint density at radius 3 is 2.70 bits per heavy atom. The zero-order valence-corrected chi connectivity index (χ0v) is 16.1. The average molecular weight is 383 g/mol. The first-order valence-electron chi connectivity index (χ1n) is 8.55. The van der Waals surface area contributed by atoms with Gasteiger partial charge >= 0.3 is 0 Å². The Labute approximate surface area is 161 Å². The fourth-order valence-corrected chi connectivity index (χ4v) is 3.56. The van der Waals surface area contributed by atoms with Crippen LogP contribution in [0.4, 0.5) is 0 Å². The molecule has 0 radical (unpaired) electrons. The number of amides is 1. The van der Waals surface area contributed by atoms with Crippen LogP contribution in [-0.4, -0.2) is 26.2 Å². The molecule has 1 amide bonds. The minimum atomic E-state index is -1.37. The van der Waals surface area contributed by atoms with Gasteiger partial charge < -0.3 is 14.3 Å². The number of nitrogens with zero attached hydrogens (tertiary/aromatic N) is 2. The van der Waals surface area contributed by atoms with Gasteiger partial charge in [0.25, 0.3) is 5.91 Å². The number of oxazole rings is 1. The van der Waals surface area contributed by atoms with Crippen LogP contribution in [0.15, 0.2) is 53.2 Å².